The second-order valence-corrected chi connectivity index (χ2v) is 9.05. The molecular weight excluding hydrogens is 400 g/mol. The number of hydrogen-bond acceptors (Lipinski definition) is 3. The van der Waals surface area contributed by atoms with Gasteiger partial charge in [0.1, 0.15) is 5.15 Å². The standard InChI is InChI=1S/C16H18BrClN2O2S/c1-9(2)7-20-23(21,22)14-5-10-3-4-13(17)16(10)12-8-19-15(18)6-11(12)14/h5-6,8-9,13,20H,3-4,7H2,1-2H3/i7D2. The Hall–Kier alpha value is -0.690. The van der Waals surface area contributed by atoms with Crippen LogP contribution in [0.1, 0.15) is 39.0 Å². The van der Waals surface area contributed by atoms with Crippen LogP contribution in [-0.2, 0) is 16.4 Å². The van der Waals surface area contributed by atoms with Gasteiger partial charge in [-0.1, -0.05) is 41.4 Å². The van der Waals surface area contributed by atoms with Gasteiger partial charge in [-0.2, -0.15) is 0 Å². The number of fused-ring (bicyclic) bond motifs is 3. The average molecular weight is 420 g/mol. The lowest BCUT2D eigenvalue weighted by Crippen LogP contribution is -2.27. The molecule has 1 aliphatic rings. The normalized spacial score (nSPS) is 19.8. The highest BCUT2D eigenvalue weighted by Crippen LogP contribution is 2.44. The van der Waals surface area contributed by atoms with Crippen LogP contribution in [0.2, 0.25) is 5.15 Å². The van der Waals surface area contributed by atoms with Gasteiger partial charge >= 0.3 is 0 Å². The van der Waals surface area contributed by atoms with Crippen molar-refractivity contribution < 1.29 is 11.2 Å². The molecule has 1 aromatic carbocycles. The summed E-state index contributed by atoms with van der Waals surface area (Å²) in [6.07, 6.45) is 3.21. The molecule has 0 fully saturated rings. The van der Waals surface area contributed by atoms with Gasteiger partial charge in [0.25, 0.3) is 0 Å². The van der Waals surface area contributed by atoms with E-state index < -0.39 is 22.4 Å². The Balaban J connectivity index is 2.25. The zero-order chi connectivity index (χ0) is 18.6. The van der Waals surface area contributed by atoms with Crippen molar-refractivity contribution in [2.45, 2.75) is 36.4 Å². The molecule has 1 aliphatic carbocycles. The van der Waals surface area contributed by atoms with Gasteiger partial charge in [-0.25, -0.2) is 18.1 Å². The molecule has 1 atom stereocenters. The van der Waals surface area contributed by atoms with E-state index in [4.69, 9.17) is 14.3 Å². The number of halogens is 2. The molecule has 124 valence electrons. The summed E-state index contributed by atoms with van der Waals surface area (Å²) in [6, 6.07) is 3.16. The molecule has 1 unspecified atom stereocenters. The summed E-state index contributed by atoms with van der Waals surface area (Å²) in [5.74, 6) is -0.514. The number of pyridine rings is 1. The van der Waals surface area contributed by atoms with Crippen LogP contribution in [0.15, 0.2) is 23.2 Å². The van der Waals surface area contributed by atoms with Gasteiger partial charge in [-0.3, -0.25) is 0 Å². The van der Waals surface area contributed by atoms with Crippen LogP contribution in [-0.4, -0.2) is 19.9 Å². The van der Waals surface area contributed by atoms with E-state index >= 15 is 0 Å². The SMILES string of the molecule is [2H]C([2H])(NS(=O)(=O)c1cc2c(c3cnc(Cl)cc13)C(Br)CC2)C(C)C. The van der Waals surface area contributed by atoms with E-state index in [0.29, 0.717) is 5.39 Å². The van der Waals surface area contributed by atoms with Crippen molar-refractivity contribution in [3.05, 3.63) is 34.6 Å². The highest BCUT2D eigenvalue weighted by Gasteiger charge is 2.28. The third-order valence-electron chi connectivity index (χ3n) is 3.83. The van der Waals surface area contributed by atoms with Crippen molar-refractivity contribution in [1.29, 1.82) is 0 Å². The first kappa shape index (κ1) is 14.6. The molecule has 0 saturated heterocycles. The third kappa shape index (κ3) is 3.27. The minimum atomic E-state index is -4.07. The molecule has 1 heterocycles. The molecule has 2 aromatic rings. The highest BCUT2D eigenvalue weighted by atomic mass is 79.9. The fourth-order valence-corrected chi connectivity index (χ4v) is 5.00. The van der Waals surface area contributed by atoms with E-state index in [9.17, 15) is 8.42 Å². The number of nitrogens with one attached hydrogen (secondary N) is 1. The molecule has 0 saturated carbocycles. The van der Waals surface area contributed by atoms with Gasteiger partial charge in [-0.05, 0) is 42.0 Å². The van der Waals surface area contributed by atoms with E-state index in [-0.39, 0.29) is 14.9 Å². The topological polar surface area (TPSA) is 59.1 Å². The number of aromatic nitrogens is 1. The number of sulfonamides is 1. The molecule has 0 bridgehead atoms. The Morgan fingerprint density at radius 3 is 2.91 bits per heavy atom. The van der Waals surface area contributed by atoms with Crippen LogP contribution in [0, 0.1) is 5.92 Å². The summed E-state index contributed by atoms with van der Waals surface area (Å²) in [5.41, 5.74) is 1.97. The van der Waals surface area contributed by atoms with Crippen molar-refractivity contribution in [3.63, 3.8) is 0 Å². The van der Waals surface area contributed by atoms with Gasteiger partial charge in [0.05, 0.1) is 4.90 Å². The first-order valence-electron chi connectivity index (χ1n) is 8.32. The van der Waals surface area contributed by atoms with Gasteiger partial charge < -0.3 is 0 Å². The third-order valence-corrected chi connectivity index (χ3v) is 6.26. The largest absolute Gasteiger partial charge is 0.244 e. The molecule has 0 aliphatic heterocycles. The number of alkyl halides is 1. The Morgan fingerprint density at radius 2 is 2.22 bits per heavy atom. The first-order valence-corrected chi connectivity index (χ1v) is 10.1. The summed E-state index contributed by atoms with van der Waals surface area (Å²) >= 11 is 9.63. The fourth-order valence-electron chi connectivity index (χ4n) is 2.81. The summed E-state index contributed by atoms with van der Waals surface area (Å²) in [4.78, 5) is 4.28. The van der Waals surface area contributed by atoms with Gasteiger partial charge in [0.2, 0.25) is 10.0 Å². The van der Waals surface area contributed by atoms with Crippen LogP contribution in [0.5, 0.6) is 0 Å². The molecule has 3 rings (SSSR count). The summed E-state index contributed by atoms with van der Waals surface area (Å²) in [7, 11) is -4.07. The van der Waals surface area contributed by atoms with E-state index in [2.05, 4.69) is 25.6 Å². The number of nitrogens with zero attached hydrogens (tertiary/aromatic N) is 1. The summed E-state index contributed by atoms with van der Waals surface area (Å²) in [5, 5.41) is 1.38. The van der Waals surface area contributed by atoms with Crippen LogP contribution in [0.3, 0.4) is 0 Å². The molecule has 0 amide bonds. The van der Waals surface area contributed by atoms with Crippen molar-refractivity contribution in [2.75, 3.05) is 6.50 Å². The minimum Gasteiger partial charge on any atom is -0.244 e. The molecular formula is C16H18BrClN2O2S. The molecule has 4 nitrogen and oxygen atoms in total. The molecule has 0 radical (unpaired) electrons. The van der Waals surface area contributed by atoms with Gasteiger partial charge in [-0.15, -0.1) is 0 Å². The van der Waals surface area contributed by atoms with Crippen molar-refractivity contribution in [3.8, 4) is 0 Å². The fraction of sp³-hybridized carbons (Fsp3) is 0.438. The summed E-state index contributed by atoms with van der Waals surface area (Å²) < 4.78 is 44.0. The van der Waals surface area contributed by atoms with Crippen molar-refractivity contribution >= 4 is 48.3 Å². The smallest absolute Gasteiger partial charge is 0.241 e. The van der Waals surface area contributed by atoms with Gasteiger partial charge in [0, 0.05) is 31.0 Å². The average Bonchev–Trinajstić information content (AvgIpc) is 2.86. The number of hydrogen-bond donors (Lipinski definition) is 1. The van der Waals surface area contributed by atoms with E-state index in [0.717, 1.165) is 29.4 Å². The van der Waals surface area contributed by atoms with Gasteiger partial charge in [0.15, 0.2) is 0 Å². The highest BCUT2D eigenvalue weighted by molar-refractivity contribution is 9.09. The van der Waals surface area contributed by atoms with Crippen LogP contribution >= 0.6 is 27.5 Å². The first-order chi connectivity index (χ1) is 11.5. The molecule has 1 aromatic heterocycles. The number of rotatable bonds is 4. The lowest BCUT2D eigenvalue weighted by atomic mass is 10.0. The second kappa shape index (κ2) is 6.31. The van der Waals surface area contributed by atoms with Crippen LogP contribution < -0.4 is 4.72 Å². The molecule has 1 N–H and O–H groups in total. The zero-order valence-corrected chi connectivity index (χ0v) is 15.9. The Bertz CT molecular complexity index is 951. The lowest BCUT2D eigenvalue weighted by molar-refractivity contribution is 0.561. The van der Waals surface area contributed by atoms with Crippen molar-refractivity contribution in [2.24, 2.45) is 5.92 Å². The lowest BCUT2D eigenvalue weighted by Gasteiger charge is -2.15. The monoisotopic (exact) mass is 418 g/mol. The zero-order valence-electron chi connectivity index (χ0n) is 14.7. The van der Waals surface area contributed by atoms with E-state index in [1.165, 1.54) is 6.07 Å². The number of benzene rings is 1. The Labute approximate surface area is 152 Å². The van der Waals surface area contributed by atoms with Crippen molar-refractivity contribution in [1.82, 2.24) is 9.71 Å². The van der Waals surface area contributed by atoms with E-state index in [1.54, 1.807) is 26.1 Å². The maximum Gasteiger partial charge on any atom is 0.241 e. The number of aryl methyl sites for hydroxylation is 1. The second-order valence-electron chi connectivity index (χ2n) is 5.91. The molecule has 7 heteroatoms. The predicted molar refractivity (Wildman–Crippen MR) is 96.8 cm³/mol. The summed E-state index contributed by atoms with van der Waals surface area (Å²) in [6.45, 7) is 1.19. The van der Waals surface area contributed by atoms with E-state index in [1.807, 2.05) is 0 Å². The molecule has 23 heavy (non-hydrogen) atoms. The van der Waals surface area contributed by atoms with Crippen LogP contribution in [0.25, 0.3) is 10.8 Å². The maximum absolute atomic E-state index is 12.9. The minimum absolute atomic E-state index is 0.0386. The van der Waals surface area contributed by atoms with Crippen LogP contribution in [0.4, 0.5) is 0 Å². The quantitative estimate of drug-likeness (QED) is 0.596. The molecule has 0 spiro atoms. The Morgan fingerprint density at radius 1 is 1.48 bits per heavy atom. The predicted octanol–water partition coefficient (Wildman–Crippen LogP) is 4.20. The maximum atomic E-state index is 12.9. The Kier molecular flexibility index (Phi) is 4.02.